The summed E-state index contributed by atoms with van der Waals surface area (Å²) in [5.41, 5.74) is 10.6. The zero-order valence-electron chi connectivity index (χ0n) is 14.4. The van der Waals surface area contributed by atoms with Crippen molar-refractivity contribution in [2.45, 2.75) is 6.54 Å². The molecule has 3 N–H and O–H groups in total. The lowest BCUT2D eigenvalue weighted by Gasteiger charge is -2.11. The maximum atomic E-state index is 6.12. The molecule has 1 heterocycles. The molecule has 136 valence electrons. The average Bonchev–Trinajstić information content (AvgIpc) is 3.30. The number of ether oxygens (including phenoxy) is 2. The second-order valence-corrected chi connectivity index (χ2v) is 6.32. The lowest BCUT2D eigenvalue weighted by Crippen LogP contribution is -2.22. The van der Waals surface area contributed by atoms with Gasteiger partial charge in [0.25, 0.3) is 0 Å². The quantitative estimate of drug-likeness (QED) is 0.409. The summed E-state index contributed by atoms with van der Waals surface area (Å²) in [7, 11) is 0. The van der Waals surface area contributed by atoms with E-state index in [1.165, 1.54) is 16.5 Å². The highest BCUT2D eigenvalue weighted by Crippen LogP contribution is 2.35. The maximum absolute atomic E-state index is 6.12. The molecule has 0 saturated carbocycles. The van der Waals surface area contributed by atoms with Crippen LogP contribution in [0.1, 0.15) is 16.7 Å². The second-order valence-electron chi connectivity index (χ2n) is 6.32. The summed E-state index contributed by atoms with van der Waals surface area (Å²) in [5.74, 6) is 1.91. The Kier molecular flexibility index (Phi) is 4.38. The second kappa shape index (κ2) is 6.85. The summed E-state index contributed by atoms with van der Waals surface area (Å²) >= 11 is 0. The molecule has 3 aromatic rings. The molecule has 0 bridgehead atoms. The number of nitrogens with one attached hydrogen (secondary N) is 1. The topological polar surface area (TPSA) is 68.9 Å². The number of benzene rings is 3. The van der Waals surface area contributed by atoms with E-state index in [1.807, 2.05) is 24.3 Å². The van der Waals surface area contributed by atoms with Gasteiger partial charge in [0.1, 0.15) is 0 Å². The number of rotatable bonds is 3. The Hall–Kier alpha value is -3.18. The third kappa shape index (κ3) is 3.06. The first-order valence-electron chi connectivity index (χ1n) is 8.47. The van der Waals surface area contributed by atoms with E-state index >= 15 is 0 Å². The molecule has 6 heteroatoms. The normalized spacial score (nSPS) is 13.7. The van der Waals surface area contributed by atoms with Crippen LogP contribution in [0.2, 0.25) is 0 Å². The first-order chi connectivity index (χ1) is 12.8. The summed E-state index contributed by atoms with van der Waals surface area (Å²) in [6.45, 7) is 0.740. The number of aliphatic imine (C=N–C) groups is 1. The van der Waals surface area contributed by atoms with Crippen molar-refractivity contribution >= 4 is 47.0 Å². The van der Waals surface area contributed by atoms with E-state index in [9.17, 15) is 0 Å². The van der Waals surface area contributed by atoms with E-state index < -0.39 is 0 Å². The van der Waals surface area contributed by atoms with Crippen LogP contribution in [0.3, 0.4) is 0 Å². The molecule has 27 heavy (non-hydrogen) atoms. The van der Waals surface area contributed by atoms with Crippen LogP contribution in [0.5, 0.6) is 11.5 Å². The standard InChI is InChI=1S/C21H17N3O2.ClH/c22-21(23-11-13-4-9-18-19(10-13)26-12-25-18)24-17-8-7-15-6-5-14-2-1-3-16(17)20(14)15;/h1-10H,11-12H2,(H3,22,23,24);1H. The van der Waals surface area contributed by atoms with Crippen molar-refractivity contribution in [1.82, 2.24) is 0 Å². The smallest absolute Gasteiger partial charge is 0.231 e. The number of hydrogen-bond donors (Lipinski definition) is 2. The molecule has 0 atom stereocenters. The molecule has 2 aliphatic rings. The van der Waals surface area contributed by atoms with Gasteiger partial charge in [-0.2, -0.15) is 0 Å². The van der Waals surface area contributed by atoms with Gasteiger partial charge in [-0.25, -0.2) is 4.99 Å². The fraction of sp³-hybridized carbons (Fsp3) is 0.0952. The SMILES string of the molecule is Cl.NC(=NCc1ccc2c(c1)OCO2)Nc1ccc2c3c(cccc13)C=C2. The maximum Gasteiger partial charge on any atom is 0.231 e. The van der Waals surface area contributed by atoms with Crippen molar-refractivity contribution in [3.05, 3.63) is 65.2 Å². The monoisotopic (exact) mass is 379 g/mol. The Labute approximate surface area is 162 Å². The largest absolute Gasteiger partial charge is 0.454 e. The van der Waals surface area contributed by atoms with Gasteiger partial charge in [-0.05, 0) is 40.3 Å². The minimum Gasteiger partial charge on any atom is -0.454 e. The van der Waals surface area contributed by atoms with Gasteiger partial charge >= 0.3 is 0 Å². The van der Waals surface area contributed by atoms with Crippen LogP contribution in [-0.2, 0) is 6.54 Å². The highest BCUT2D eigenvalue weighted by atomic mass is 35.5. The molecular weight excluding hydrogens is 362 g/mol. The third-order valence-electron chi connectivity index (χ3n) is 4.68. The van der Waals surface area contributed by atoms with Gasteiger partial charge in [-0.3, -0.25) is 0 Å². The van der Waals surface area contributed by atoms with Crippen LogP contribution in [-0.4, -0.2) is 12.8 Å². The van der Waals surface area contributed by atoms with Gasteiger partial charge in [0, 0.05) is 11.1 Å². The molecule has 1 aliphatic carbocycles. The van der Waals surface area contributed by atoms with Crippen LogP contribution in [0.25, 0.3) is 22.9 Å². The van der Waals surface area contributed by atoms with Crippen molar-refractivity contribution < 1.29 is 9.47 Å². The number of hydrogen-bond acceptors (Lipinski definition) is 3. The van der Waals surface area contributed by atoms with Gasteiger partial charge in [0.05, 0.1) is 6.54 Å². The highest BCUT2D eigenvalue weighted by Gasteiger charge is 2.14. The Morgan fingerprint density at radius 3 is 2.70 bits per heavy atom. The number of anilines is 1. The zero-order valence-corrected chi connectivity index (χ0v) is 15.3. The number of fused-ring (bicyclic) bond motifs is 1. The molecule has 0 radical (unpaired) electrons. The van der Waals surface area contributed by atoms with Gasteiger partial charge in [-0.1, -0.05) is 42.5 Å². The number of guanidine groups is 1. The molecule has 0 amide bonds. The first-order valence-corrected chi connectivity index (χ1v) is 8.47. The predicted octanol–water partition coefficient (Wildman–Crippen LogP) is 4.40. The van der Waals surface area contributed by atoms with Crippen molar-refractivity contribution in [2.75, 3.05) is 12.1 Å². The summed E-state index contributed by atoms with van der Waals surface area (Å²) < 4.78 is 10.7. The number of nitrogens with two attached hydrogens (primary N) is 1. The molecule has 0 fully saturated rings. The van der Waals surface area contributed by atoms with Crippen molar-refractivity contribution in [3.63, 3.8) is 0 Å². The fourth-order valence-corrected chi connectivity index (χ4v) is 3.42. The molecule has 3 aromatic carbocycles. The van der Waals surface area contributed by atoms with Crippen molar-refractivity contribution in [3.8, 4) is 11.5 Å². The fourth-order valence-electron chi connectivity index (χ4n) is 3.42. The molecular formula is C21H18ClN3O2. The zero-order chi connectivity index (χ0) is 17.5. The van der Waals surface area contributed by atoms with E-state index in [2.05, 4.69) is 46.7 Å². The van der Waals surface area contributed by atoms with E-state index in [-0.39, 0.29) is 19.2 Å². The average molecular weight is 380 g/mol. The van der Waals surface area contributed by atoms with Crippen molar-refractivity contribution in [1.29, 1.82) is 0 Å². The Bertz CT molecular complexity index is 1080. The van der Waals surface area contributed by atoms with E-state index in [1.54, 1.807) is 0 Å². The van der Waals surface area contributed by atoms with Crippen LogP contribution in [0.4, 0.5) is 5.69 Å². The van der Waals surface area contributed by atoms with E-state index in [4.69, 9.17) is 15.2 Å². The number of nitrogens with zero attached hydrogens (tertiary/aromatic N) is 1. The van der Waals surface area contributed by atoms with Gasteiger partial charge in [0.15, 0.2) is 17.5 Å². The van der Waals surface area contributed by atoms with E-state index in [0.29, 0.717) is 12.5 Å². The first kappa shape index (κ1) is 17.2. The van der Waals surface area contributed by atoms with E-state index in [0.717, 1.165) is 28.1 Å². The van der Waals surface area contributed by atoms with Crippen LogP contribution in [0, 0.1) is 0 Å². The van der Waals surface area contributed by atoms with Gasteiger partial charge in [0.2, 0.25) is 6.79 Å². The molecule has 0 spiro atoms. The minimum atomic E-state index is 0. The Morgan fingerprint density at radius 2 is 1.81 bits per heavy atom. The van der Waals surface area contributed by atoms with Gasteiger partial charge < -0.3 is 20.5 Å². The van der Waals surface area contributed by atoms with Crippen LogP contribution < -0.4 is 20.5 Å². The third-order valence-corrected chi connectivity index (χ3v) is 4.68. The van der Waals surface area contributed by atoms with Crippen LogP contribution >= 0.6 is 12.4 Å². The minimum absolute atomic E-state index is 0. The molecule has 0 saturated heterocycles. The number of halogens is 1. The Morgan fingerprint density at radius 1 is 1.00 bits per heavy atom. The molecule has 0 unspecified atom stereocenters. The lowest BCUT2D eigenvalue weighted by molar-refractivity contribution is 0.174. The lowest BCUT2D eigenvalue weighted by atomic mass is 10.0. The summed E-state index contributed by atoms with van der Waals surface area (Å²) in [5, 5.41) is 5.63. The molecule has 0 aromatic heterocycles. The molecule has 5 nitrogen and oxygen atoms in total. The Balaban J connectivity index is 0.00000180. The highest BCUT2D eigenvalue weighted by molar-refractivity contribution is 6.11. The summed E-state index contributed by atoms with van der Waals surface area (Å²) in [6, 6.07) is 16.2. The van der Waals surface area contributed by atoms with Gasteiger partial charge in [-0.15, -0.1) is 12.4 Å². The molecule has 5 rings (SSSR count). The summed E-state index contributed by atoms with van der Waals surface area (Å²) in [6.07, 6.45) is 4.27. The van der Waals surface area contributed by atoms with Crippen molar-refractivity contribution in [2.24, 2.45) is 10.7 Å². The summed E-state index contributed by atoms with van der Waals surface area (Å²) in [4.78, 5) is 4.45. The predicted molar refractivity (Wildman–Crippen MR) is 112 cm³/mol. The molecule has 1 aliphatic heterocycles. The van der Waals surface area contributed by atoms with Crippen LogP contribution in [0.15, 0.2) is 53.5 Å².